The molecule has 0 bridgehead atoms. The second-order valence-corrected chi connectivity index (χ2v) is 9.55. The van der Waals surface area contributed by atoms with Gasteiger partial charge in [-0.2, -0.15) is 13.2 Å². The van der Waals surface area contributed by atoms with Gasteiger partial charge >= 0.3 is 12.2 Å². The Morgan fingerprint density at radius 2 is 1.92 bits per heavy atom. The first-order valence-electron chi connectivity index (χ1n) is 11.5. The average molecular weight is 554 g/mol. The zero-order chi connectivity index (χ0) is 26.7. The number of halogens is 5. The maximum atomic E-state index is 13.0. The van der Waals surface area contributed by atoms with Gasteiger partial charge in [-0.05, 0) is 49.2 Å². The molecule has 0 fully saturated rings. The van der Waals surface area contributed by atoms with Crippen LogP contribution >= 0.6 is 23.2 Å². The van der Waals surface area contributed by atoms with E-state index < -0.39 is 31.3 Å². The van der Waals surface area contributed by atoms with E-state index in [1.165, 1.54) is 24.3 Å². The van der Waals surface area contributed by atoms with Crippen molar-refractivity contribution in [2.45, 2.75) is 44.6 Å². The van der Waals surface area contributed by atoms with E-state index in [1.54, 1.807) is 18.2 Å². The minimum Gasteiger partial charge on any atom is -0.391 e. The minimum absolute atomic E-state index is 0.0682. The van der Waals surface area contributed by atoms with E-state index in [4.69, 9.17) is 28.6 Å². The van der Waals surface area contributed by atoms with Crippen LogP contribution in [-0.4, -0.2) is 50.2 Å². The Hall–Kier alpha value is -3.08. The predicted molar refractivity (Wildman–Crippen MR) is 135 cm³/mol. The molecule has 2 amide bonds. The lowest BCUT2D eigenvalue weighted by atomic mass is 10.1. The molecule has 0 radical (unpaired) electrons. The standard InChI is InChI=1S/C25H24Cl2F3N5O2/c26-17-6-4-15(5-7-17)22(31)34(11-10-25(28,29)30)24(37)32-13-20-21-9-8-19(36)14-35(21)23(33-20)16-2-1-3-18(27)12-16/h1-7,12,19,31,36H,8-11,13-14H2,(H,32,37). The molecule has 37 heavy (non-hydrogen) atoms. The highest BCUT2D eigenvalue weighted by Crippen LogP contribution is 2.29. The van der Waals surface area contributed by atoms with Crippen molar-refractivity contribution >= 4 is 35.1 Å². The molecule has 1 aliphatic rings. The fourth-order valence-electron chi connectivity index (χ4n) is 4.18. The van der Waals surface area contributed by atoms with Crippen molar-refractivity contribution in [2.75, 3.05) is 6.54 Å². The Labute approximate surface area is 221 Å². The van der Waals surface area contributed by atoms with Crippen LogP contribution in [0.1, 0.15) is 29.8 Å². The molecule has 3 aromatic rings. The largest absolute Gasteiger partial charge is 0.391 e. The number of nitrogens with zero attached hydrogens (tertiary/aromatic N) is 3. The second-order valence-electron chi connectivity index (χ2n) is 8.67. The second kappa shape index (κ2) is 11.1. The third-order valence-corrected chi connectivity index (χ3v) is 6.49. The van der Waals surface area contributed by atoms with Crippen molar-refractivity contribution in [3.05, 3.63) is 75.5 Å². The lowest BCUT2D eigenvalue weighted by molar-refractivity contribution is -0.135. The predicted octanol–water partition coefficient (Wildman–Crippen LogP) is 5.65. The van der Waals surface area contributed by atoms with Crippen molar-refractivity contribution in [2.24, 2.45) is 0 Å². The molecule has 1 unspecified atom stereocenters. The molecule has 7 nitrogen and oxygen atoms in total. The van der Waals surface area contributed by atoms with Crippen LogP contribution in [0.15, 0.2) is 48.5 Å². The molecule has 12 heteroatoms. The van der Waals surface area contributed by atoms with E-state index in [2.05, 4.69) is 10.3 Å². The highest BCUT2D eigenvalue weighted by molar-refractivity contribution is 6.31. The Morgan fingerprint density at radius 3 is 2.59 bits per heavy atom. The molecule has 1 aliphatic heterocycles. The molecular weight excluding hydrogens is 530 g/mol. The summed E-state index contributed by atoms with van der Waals surface area (Å²) in [5, 5.41) is 22.1. The smallest absolute Gasteiger partial charge is 0.390 e. The number of benzene rings is 2. The van der Waals surface area contributed by atoms with Crippen molar-refractivity contribution in [1.82, 2.24) is 19.8 Å². The Morgan fingerprint density at radius 1 is 1.19 bits per heavy atom. The third kappa shape index (κ3) is 6.63. The van der Waals surface area contributed by atoms with Crippen LogP contribution in [0.5, 0.6) is 0 Å². The van der Waals surface area contributed by atoms with E-state index >= 15 is 0 Å². The topological polar surface area (TPSA) is 94.2 Å². The number of amidine groups is 1. The lowest BCUT2D eigenvalue weighted by Gasteiger charge is -2.25. The van der Waals surface area contributed by atoms with Gasteiger partial charge in [-0.25, -0.2) is 9.78 Å². The Bertz CT molecular complexity index is 1290. The number of hydrogen-bond donors (Lipinski definition) is 3. The first kappa shape index (κ1) is 27.0. The van der Waals surface area contributed by atoms with Crippen LogP contribution in [0.4, 0.5) is 18.0 Å². The van der Waals surface area contributed by atoms with Gasteiger partial charge in [0.15, 0.2) is 0 Å². The average Bonchev–Trinajstić information content (AvgIpc) is 3.20. The van der Waals surface area contributed by atoms with E-state index in [0.717, 1.165) is 16.2 Å². The molecule has 0 saturated heterocycles. The lowest BCUT2D eigenvalue weighted by Crippen LogP contribution is -2.45. The van der Waals surface area contributed by atoms with Gasteiger partial charge < -0.3 is 15.0 Å². The number of alkyl halides is 3. The molecule has 0 spiro atoms. The molecule has 2 aromatic carbocycles. The summed E-state index contributed by atoms with van der Waals surface area (Å²) in [4.78, 5) is 18.5. The van der Waals surface area contributed by atoms with Gasteiger partial charge in [0.25, 0.3) is 0 Å². The number of hydrogen-bond acceptors (Lipinski definition) is 4. The van der Waals surface area contributed by atoms with Crippen LogP contribution in [0.3, 0.4) is 0 Å². The van der Waals surface area contributed by atoms with Gasteiger partial charge in [-0.3, -0.25) is 10.3 Å². The summed E-state index contributed by atoms with van der Waals surface area (Å²) < 4.78 is 40.8. The summed E-state index contributed by atoms with van der Waals surface area (Å²) >= 11 is 12.0. The molecule has 1 aromatic heterocycles. The minimum atomic E-state index is -4.51. The fraction of sp³-hybridized carbons (Fsp3) is 0.320. The number of aliphatic hydroxyl groups excluding tert-OH is 1. The van der Waals surface area contributed by atoms with Gasteiger partial charge in [-0.1, -0.05) is 35.3 Å². The van der Waals surface area contributed by atoms with Crippen LogP contribution < -0.4 is 5.32 Å². The molecule has 1 atom stereocenters. The zero-order valence-corrected chi connectivity index (χ0v) is 21.0. The number of carbonyl (C=O) groups is 1. The maximum absolute atomic E-state index is 13.0. The molecular formula is C25H24Cl2F3N5O2. The van der Waals surface area contributed by atoms with Gasteiger partial charge in [0.1, 0.15) is 11.7 Å². The summed E-state index contributed by atoms with van der Waals surface area (Å²) in [5.41, 5.74) is 2.33. The number of amides is 2. The SMILES string of the molecule is N=C(c1ccc(Cl)cc1)N(CCC(F)(F)F)C(=O)NCc1nc(-c2cccc(Cl)c2)n2c1CCC(O)C2. The van der Waals surface area contributed by atoms with E-state index in [9.17, 15) is 23.1 Å². The Kier molecular flexibility index (Phi) is 8.11. The summed E-state index contributed by atoms with van der Waals surface area (Å²) in [7, 11) is 0. The van der Waals surface area contributed by atoms with Gasteiger partial charge in [0, 0.05) is 33.4 Å². The fourth-order valence-corrected chi connectivity index (χ4v) is 4.50. The Balaban J connectivity index is 1.57. The van der Waals surface area contributed by atoms with Crippen molar-refractivity contribution in [3.63, 3.8) is 0 Å². The quantitative estimate of drug-likeness (QED) is 0.272. The van der Waals surface area contributed by atoms with E-state index in [1.807, 2.05) is 10.6 Å². The first-order chi connectivity index (χ1) is 17.5. The highest BCUT2D eigenvalue weighted by atomic mass is 35.5. The monoisotopic (exact) mass is 553 g/mol. The van der Waals surface area contributed by atoms with Crippen molar-refractivity contribution < 1.29 is 23.1 Å². The third-order valence-electron chi connectivity index (χ3n) is 6.00. The molecule has 0 saturated carbocycles. The number of aromatic nitrogens is 2. The number of urea groups is 1. The van der Waals surface area contributed by atoms with E-state index in [-0.39, 0.29) is 17.9 Å². The van der Waals surface area contributed by atoms with Crippen LogP contribution in [0.25, 0.3) is 11.4 Å². The van der Waals surface area contributed by atoms with Crippen LogP contribution in [0, 0.1) is 5.41 Å². The molecule has 3 N–H and O–H groups in total. The number of carbonyl (C=O) groups excluding carboxylic acids is 1. The number of fused-ring (bicyclic) bond motifs is 1. The molecule has 196 valence electrons. The van der Waals surface area contributed by atoms with Crippen molar-refractivity contribution in [3.8, 4) is 11.4 Å². The molecule has 2 heterocycles. The van der Waals surface area contributed by atoms with Gasteiger partial charge in [0.2, 0.25) is 0 Å². The molecule has 0 aliphatic carbocycles. The van der Waals surface area contributed by atoms with Gasteiger partial charge in [0.05, 0.1) is 31.3 Å². The number of aliphatic hydroxyl groups is 1. The maximum Gasteiger partial charge on any atom is 0.390 e. The summed E-state index contributed by atoms with van der Waals surface area (Å²) in [6, 6.07) is 12.1. The van der Waals surface area contributed by atoms with Crippen LogP contribution in [0.2, 0.25) is 10.0 Å². The normalized spacial score (nSPS) is 15.2. The van der Waals surface area contributed by atoms with Crippen molar-refractivity contribution in [1.29, 1.82) is 5.41 Å². The number of imidazole rings is 1. The highest BCUT2D eigenvalue weighted by Gasteiger charge is 2.31. The van der Waals surface area contributed by atoms with Crippen LogP contribution in [-0.2, 0) is 19.5 Å². The first-order valence-corrected chi connectivity index (χ1v) is 12.3. The summed E-state index contributed by atoms with van der Waals surface area (Å²) in [6.45, 7) is -0.476. The zero-order valence-electron chi connectivity index (χ0n) is 19.5. The molecule has 4 rings (SSSR count). The van der Waals surface area contributed by atoms with E-state index in [0.29, 0.717) is 40.9 Å². The van der Waals surface area contributed by atoms with Gasteiger partial charge in [-0.15, -0.1) is 0 Å². The number of nitrogens with one attached hydrogen (secondary N) is 2. The summed E-state index contributed by atoms with van der Waals surface area (Å²) in [6.07, 6.45) is -5.31. The summed E-state index contributed by atoms with van der Waals surface area (Å²) in [5.74, 6) is 0.191. The number of rotatable bonds is 6.